The van der Waals surface area contributed by atoms with Gasteiger partial charge in [-0.1, -0.05) is 13.8 Å². The van der Waals surface area contributed by atoms with Crippen LogP contribution >= 0.6 is 11.3 Å². The third-order valence-electron chi connectivity index (χ3n) is 7.79. The lowest BCUT2D eigenvalue weighted by Crippen LogP contribution is -2.28. The summed E-state index contributed by atoms with van der Waals surface area (Å²) in [6, 6.07) is 9.74. The number of thiophene rings is 1. The Morgan fingerprint density at radius 3 is 2.19 bits per heavy atom. The first-order valence-electron chi connectivity index (χ1n) is 14.3. The summed E-state index contributed by atoms with van der Waals surface area (Å²) in [5.41, 5.74) is 3.98. The van der Waals surface area contributed by atoms with Crippen LogP contribution in [0, 0.1) is 11.8 Å². The summed E-state index contributed by atoms with van der Waals surface area (Å²) >= 11 is 1.34. The maximum atomic E-state index is 12.6. The number of nitrogens with zero attached hydrogens (tertiary/aromatic N) is 1. The number of aliphatic carboxylic acids is 2. The molecule has 1 amide bonds. The highest BCUT2D eigenvalue weighted by molar-refractivity contribution is 7.20. The predicted octanol–water partition coefficient (Wildman–Crippen LogP) is 5.60. The van der Waals surface area contributed by atoms with Crippen LogP contribution in [0.2, 0.25) is 0 Å². The van der Waals surface area contributed by atoms with Gasteiger partial charge in [-0.15, -0.1) is 11.3 Å². The second-order valence-electron chi connectivity index (χ2n) is 11.1. The van der Waals surface area contributed by atoms with Crippen LogP contribution < -0.4 is 14.8 Å². The summed E-state index contributed by atoms with van der Waals surface area (Å²) in [5.74, 6) is -2.30. The number of methoxy groups -OCH3 is 2. The molecule has 10 nitrogen and oxygen atoms in total. The van der Waals surface area contributed by atoms with Crippen LogP contribution in [0.4, 0.5) is 5.69 Å². The second-order valence-corrected chi connectivity index (χ2v) is 12.2. The van der Waals surface area contributed by atoms with E-state index in [1.807, 2.05) is 24.3 Å². The van der Waals surface area contributed by atoms with Crippen molar-refractivity contribution in [3.8, 4) is 11.5 Å². The van der Waals surface area contributed by atoms with E-state index in [2.05, 4.69) is 11.4 Å². The van der Waals surface area contributed by atoms with Gasteiger partial charge in [-0.25, -0.2) is 0 Å². The zero-order valence-corrected chi connectivity index (χ0v) is 25.7. The molecule has 0 aliphatic carbocycles. The zero-order chi connectivity index (χ0) is 31.3. The van der Waals surface area contributed by atoms with Gasteiger partial charge in [-0.05, 0) is 65.6 Å². The first kappa shape index (κ1) is 31.8. The fourth-order valence-corrected chi connectivity index (χ4v) is 6.18. The van der Waals surface area contributed by atoms with Crippen LogP contribution in [0.3, 0.4) is 0 Å². The molecule has 0 bridgehead atoms. The van der Waals surface area contributed by atoms with Crippen LogP contribution in [0.25, 0.3) is 10.1 Å². The monoisotopic (exact) mass is 610 g/mol. The average molecular weight is 611 g/mol. The highest BCUT2D eigenvalue weighted by Crippen LogP contribution is 2.36. The fourth-order valence-electron chi connectivity index (χ4n) is 5.16. The van der Waals surface area contributed by atoms with E-state index < -0.39 is 23.8 Å². The molecule has 1 aromatic heterocycles. The minimum Gasteiger partial charge on any atom is -0.496 e. The number of hydrogen-bond donors (Lipinski definition) is 3. The van der Waals surface area contributed by atoms with E-state index in [4.69, 9.17) is 19.7 Å². The number of rotatable bonds is 15. The van der Waals surface area contributed by atoms with Crippen LogP contribution in [0.1, 0.15) is 65.9 Å². The molecule has 0 radical (unpaired) electrons. The van der Waals surface area contributed by atoms with E-state index in [0.717, 1.165) is 57.5 Å². The Hall–Kier alpha value is -4.12. The third kappa shape index (κ3) is 7.64. The van der Waals surface area contributed by atoms with Crippen LogP contribution in [0.15, 0.2) is 30.3 Å². The first-order valence-corrected chi connectivity index (χ1v) is 15.1. The summed E-state index contributed by atoms with van der Waals surface area (Å²) in [4.78, 5) is 49.7. The topological polar surface area (TPSA) is 142 Å². The fraction of sp³-hybridized carbons (Fsp3) is 0.438. The highest BCUT2D eigenvalue weighted by Gasteiger charge is 2.27. The van der Waals surface area contributed by atoms with Crippen molar-refractivity contribution in [1.82, 2.24) is 4.90 Å². The van der Waals surface area contributed by atoms with E-state index in [1.54, 1.807) is 26.0 Å². The van der Waals surface area contributed by atoms with Gasteiger partial charge in [0.2, 0.25) is 5.91 Å². The number of carbonyl (C=O) groups is 4. The van der Waals surface area contributed by atoms with Crippen molar-refractivity contribution in [2.75, 3.05) is 26.1 Å². The number of anilines is 1. The van der Waals surface area contributed by atoms with Gasteiger partial charge in [0.25, 0.3) is 0 Å². The molecular weight excluding hydrogens is 572 g/mol. The van der Waals surface area contributed by atoms with Gasteiger partial charge in [0.05, 0.1) is 36.6 Å². The van der Waals surface area contributed by atoms with Crippen LogP contribution in [-0.2, 0) is 33.9 Å². The SMILES string of the molecule is COc1cc2c(cc1CCCCNc1cc3cc(C(=O)CC(C)C(=O)O)sc3cc1OC)CN(C(=O)CC(C)C(=O)O)C2. The number of fused-ring (bicyclic) bond motifs is 2. The van der Waals surface area contributed by atoms with E-state index in [0.29, 0.717) is 30.3 Å². The Kier molecular flexibility index (Phi) is 10.3. The molecule has 43 heavy (non-hydrogen) atoms. The molecule has 0 saturated heterocycles. The van der Waals surface area contributed by atoms with Crippen molar-refractivity contribution < 1.29 is 38.9 Å². The number of amides is 1. The summed E-state index contributed by atoms with van der Waals surface area (Å²) in [5, 5.41) is 22.6. The number of carboxylic acid groups (broad SMARTS) is 2. The van der Waals surface area contributed by atoms with Crippen molar-refractivity contribution in [3.63, 3.8) is 0 Å². The number of benzene rings is 2. The van der Waals surface area contributed by atoms with Gasteiger partial charge >= 0.3 is 11.9 Å². The summed E-state index contributed by atoms with van der Waals surface area (Å²) in [6.07, 6.45) is 2.50. The number of hydrogen-bond acceptors (Lipinski definition) is 8. The van der Waals surface area contributed by atoms with Crippen LogP contribution in [-0.4, -0.2) is 59.5 Å². The van der Waals surface area contributed by atoms with Crippen molar-refractivity contribution in [2.24, 2.45) is 11.8 Å². The molecular formula is C32H38N2O8S. The number of Topliss-reactive ketones (excluding diaryl/α,β-unsaturated/α-hetero) is 1. The molecule has 3 aromatic rings. The van der Waals surface area contributed by atoms with Gasteiger partial charge < -0.3 is 29.9 Å². The quantitative estimate of drug-likeness (QED) is 0.148. The smallest absolute Gasteiger partial charge is 0.306 e. The lowest BCUT2D eigenvalue weighted by atomic mass is 10.0. The van der Waals surface area contributed by atoms with E-state index >= 15 is 0 Å². The Labute approximate surface area is 254 Å². The Morgan fingerprint density at radius 1 is 0.884 bits per heavy atom. The van der Waals surface area contributed by atoms with Gasteiger partial charge in [0.15, 0.2) is 5.78 Å². The van der Waals surface area contributed by atoms with Gasteiger partial charge in [-0.2, -0.15) is 0 Å². The van der Waals surface area contributed by atoms with Crippen LogP contribution in [0.5, 0.6) is 11.5 Å². The second kappa shape index (κ2) is 13.9. The summed E-state index contributed by atoms with van der Waals surface area (Å²) < 4.78 is 12.1. The highest BCUT2D eigenvalue weighted by atomic mass is 32.1. The lowest BCUT2D eigenvalue weighted by Gasteiger charge is -2.16. The van der Waals surface area contributed by atoms with Gasteiger partial charge in [0, 0.05) is 43.2 Å². The third-order valence-corrected chi connectivity index (χ3v) is 8.93. The standard InChI is InChI=1S/C32H38N2O8S/c1-18(31(37)38)9-25(35)29-14-21-12-24(27(42-4)15-28(21)43-29)33-8-6-5-7-20-11-22-16-34(17-23(22)13-26(20)41-3)30(36)10-19(2)32(39)40/h11-15,18-19,33H,5-10,16-17H2,1-4H3,(H,37,38)(H,39,40). The minimum atomic E-state index is -0.986. The van der Waals surface area contributed by atoms with Crippen molar-refractivity contribution in [3.05, 3.63) is 51.9 Å². The zero-order valence-electron chi connectivity index (χ0n) is 24.9. The van der Waals surface area contributed by atoms with E-state index in [-0.39, 0.29) is 24.5 Å². The van der Waals surface area contributed by atoms with E-state index in [9.17, 15) is 19.2 Å². The number of nitrogens with one attached hydrogen (secondary N) is 1. The molecule has 2 heterocycles. The predicted molar refractivity (Wildman–Crippen MR) is 164 cm³/mol. The number of carboxylic acids is 2. The van der Waals surface area contributed by atoms with Crippen molar-refractivity contribution in [1.29, 1.82) is 0 Å². The molecule has 0 spiro atoms. The molecule has 230 valence electrons. The average Bonchev–Trinajstić information content (AvgIpc) is 3.59. The largest absolute Gasteiger partial charge is 0.496 e. The molecule has 2 atom stereocenters. The van der Waals surface area contributed by atoms with Crippen molar-refractivity contribution >= 4 is 50.7 Å². The molecule has 1 aliphatic heterocycles. The normalized spacial score (nSPS) is 13.8. The molecule has 2 aromatic carbocycles. The Morgan fingerprint density at radius 2 is 1.53 bits per heavy atom. The maximum Gasteiger partial charge on any atom is 0.306 e. The molecule has 4 rings (SSSR count). The van der Waals surface area contributed by atoms with Crippen molar-refractivity contribution in [2.45, 2.75) is 59.0 Å². The summed E-state index contributed by atoms with van der Waals surface area (Å²) in [6.45, 7) is 4.69. The number of ether oxygens (including phenoxy) is 2. The minimum absolute atomic E-state index is 0.0181. The first-order chi connectivity index (χ1) is 20.5. The molecule has 3 N–H and O–H groups in total. The van der Waals surface area contributed by atoms with Gasteiger partial charge in [-0.3, -0.25) is 19.2 Å². The van der Waals surface area contributed by atoms with E-state index in [1.165, 1.54) is 18.3 Å². The Balaban J connectivity index is 1.34. The summed E-state index contributed by atoms with van der Waals surface area (Å²) in [7, 11) is 3.24. The number of aryl methyl sites for hydroxylation is 1. The molecule has 11 heteroatoms. The van der Waals surface area contributed by atoms with Gasteiger partial charge in [0.1, 0.15) is 11.5 Å². The number of carbonyl (C=O) groups excluding carboxylic acids is 2. The molecule has 1 aliphatic rings. The number of unbranched alkanes of at least 4 members (excludes halogenated alkanes) is 1. The number of ketones is 1. The lowest BCUT2D eigenvalue weighted by molar-refractivity contribution is -0.145. The molecule has 2 unspecified atom stereocenters. The maximum absolute atomic E-state index is 12.6. The molecule has 0 saturated carbocycles. The molecule has 0 fully saturated rings. The Bertz CT molecular complexity index is 1530.